The number of fused-ring (bicyclic) bond motifs is 1. The van der Waals surface area contributed by atoms with Crippen molar-refractivity contribution in [1.82, 2.24) is 10.2 Å². The fourth-order valence-corrected chi connectivity index (χ4v) is 4.83. The summed E-state index contributed by atoms with van der Waals surface area (Å²) in [6.07, 6.45) is 0. The summed E-state index contributed by atoms with van der Waals surface area (Å²) in [7, 11) is 1.73. The first-order chi connectivity index (χ1) is 16.0. The molecule has 4 nitrogen and oxygen atoms in total. The Bertz CT molecular complexity index is 1100. The SMILES string of the molecule is COc1c(C(C)C)cc2ccccc2c1COCC(c1ccc(F)c(Cl)c1)N1CCNCC1. The number of nitrogens with one attached hydrogen (secondary N) is 1. The molecule has 3 aromatic carbocycles. The zero-order chi connectivity index (χ0) is 23.4. The molecule has 33 heavy (non-hydrogen) atoms. The highest BCUT2D eigenvalue weighted by Gasteiger charge is 2.24. The first-order valence-corrected chi connectivity index (χ1v) is 11.9. The van der Waals surface area contributed by atoms with E-state index in [1.54, 1.807) is 13.2 Å². The largest absolute Gasteiger partial charge is 0.496 e. The van der Waals surface area contributed by atoms with Gasteiger partial charge in [0.15, 0.2) is 0 Å². The second-order valence-corrected chi connectivity index (χ2v) is 9.25. The first-order valence-electron chi connectivity index (χ1n) is 11.6. The van der Waals surface area contributed by atoms with Gasteiger partial charge in [-0.1, -0.05) is 55.8 Å². The van der Waals surface area contributed by atoms with Crippen LogP contribution in [0.2, 0.25) is 5.02 Å². The van der Waals surface area contributed by atoms with Gasteiger partial charge in [0.2, 0.25) is 0 Å². The van der Waals surface area contributed by atoms with Crippen LogP contribution in [0, 0.1) is 5.82 Å². The van der Waals surface area contributed by atoms with Gasteiger partial charge in [-0.05, 0) is 46.0 Å². The normalized spacial score (nSPS) is 15.8. The topological polar surface area (TPSA) is 33.7 Å². The van der Waals surface area contributed by atoms with Crippen LogP contribution in [0.5, 0.6) is 5.75 Å². The predicted molar refractivity (Wildman–Crippen MR) is 133 cm³/mol. The van der Waals surface area contributed by atoms with Gasteiger partial charge in [0, 0.05) is 31.7 Å². The number of halogens is 2. The van der Waals surface area contributed by atoms with E-state index in [1.807, 2.05) is 12.1 Å². The second-order valence-electron chi connectivity index (χ2n) is 8.84. The first kappa shape index (κ1) is 24.0. The minimum atomic E-state index is -0.401. The summed E-state index contributed by atoms with van der Waals surface area (Å²) in [5.41, 5.74) is 3.21. The van der Waals surface area contributed by atoms with Gasteiger partial charge in [-0.2, -0.15) is 0 Å². The van der Waals surface area contributed by atoms with Gasteiger partial charge < -0.3 is 14.8 Å². The maximum atomic E-state index is 13.8. The summed E-state index contributed by atoms with van der Waals surface area (Å²) in [5, 5.41) is 5.86. The summed E-state index contributed by atoms with van der Waals surface area (Å²) < 4.78 is 26.1. The fourth-order valence-electron chi connectivity index (χ4n) is 4.64. The lowest BCUT2D eigenvalue weighted by molar-refractivity contribution is 0.0439. The van der Waals surface area contributed by atoms with Gasteiger partial charge in [-0.15, -0.1) is 0 Å². The van der Waals surface area contributed by atoms with Gasteiger partial charge >= 0.3 is 0 Å². The lowest BCUT2D eigenvalue weighted by atomic mass is 9.94. The van der Waals surface area contributed by atoms with Crippen molar-refractivity contribution in [3.05, 3.63) is 76.1 Å². The van der Waals surface area contributed by atoms with Crippen LogP contribution in [0.3, 0.4) is 0 Å². The molecule has 4 rings (SSSR count). The van der Waals surface area contributed by atoms with E-state index in [2.05, 4.69) is 48.3 Å². The summed E-state index contributed by atoms with van der Waals surface area (Å²) in [6.45, 7) is 8.90. The van der Waals surface area contributed by atoms with Crippen LogP contribution < -0.4 is 10.1 Å². The highest BCUT2D eigenvalue weighted by molar-refractivity contribution is 6.30. The van der Waals surface area contributed by atoms with Gasteiger partial charge in [-0.25, -0.2) is 4.39 Å². The molecule has 1 aliphatic heterocycles. The highest BCUT2D eigenvalue weighted by atomic mass is 35.5. The van der Waals surface area contributed by atoms with Crippen molar-refractivity contribution in [2.24, 2.45) is 0 Å². The third-order valence-corrected chi connectivity index (χ3v) is 6.69. The van der Waals surface area contributed by atoms with Crippen LogP contribution in [0.4, 0.5) is 4.39 Å². The zero-order valence-electron chi connectivity index (χ0n) is 19.5. The van der Waals surface area contributed by atoms with E-state index in [0.717, 1.165) is 48.4 Å². The van der Waals surface area contributed by atoms with E-state index in [0.29, 0.717) is 19.1 Å². The van der Waals surface area contributed by atoms with Crippen molar-refractivity contribution in [1.29, 1.82) is 0 Å². The van der Waals surface area contributed by atoms with Crippen molar-refractivity contribution in [2.45, 2.75) is 32.4 Å². The molecule has 3 aromatic rings. The van der Waals surface area contributed by atoms with E-state index in [1.165, 1.54) is 17.0 Å². The Morgan fingerprint density at radius 1 is 1.09 bits per heavy atom. The Labute approximate surface area is 200 Å². The van der Waals surface area contributed by atoms with Crippen LogP contribution in [0.15, 0.2) is 48.5 Å². The lowest BCUT2D eigenvalue weighted by Gasteiger charge is -2.35. The van der Waals surface area contributed by atoms with Crippen molar-refractivity contribution in [3.8, 4) is 5.75 Å². The molecule has 1 aliphatic rings. The van der Waals surface area contributed by atoms with Gasteiger partial charge in [0.1, 0.15) is 11.6 Å². The summed E-state index contributed by atoms with van der Waals surface area (Å²) in [6, 6.07) is 15.5. The van der Waals surface area contributed by atoms with Crippen LogP contribution >= 0.6 is 11.6 Å². The molecule has 0 aliphatic carbocycles. The number of ether oxygens (including phenoxy) is 2. The number of hydrogen-bond donors (Lipinski definition) is 1. The van der Waals surface area contributed by atoms with E-state index in [4.69, 9.17) is 21.1 Å². The standard InChI is InChI=1S/C27H32ClFN2O2/c1-18(2)22-14-19-6-4-5-7-21(19)23(27(22)32-3)16-33-17-26(31-12-10-30-11-13-31)20-8-9-25(29)24(28)15-20/h4-9,14-15,18,26,30H,10-13,16-17H2,1-3H3. The molecule has 1 unspecified atom stereocenters. The number of nitrogens with zero attached hydrogens (tertiary/aromatic N) is 1. The molecule has 6 heteroatoms. The molecule has 1 fully saturated rings. The van der Waals surface area contributed by atoms with Gasteiger partial charge in [-0.3, -0.25) is 4.90 Å². The molecule has 0 saturated carbocycles. The lowest BCUT2D eigenvalue weighted by Crippen LogP contribution is -2.46. The molecular formula is C27H32ClFN2O2. The molecule has 0 aromatic heterocycles. The van der Waals surface area contributed by atoms with Crippen molar-refractivity contribution >= 4 is 22.4 Å². The fraction of sp³-hybridized carbons (Fsp3) is 0.407. The molecule has 1 saturated heterocycles. The zero-order valence-corrected chi connectivity index (χ0v) is 20.3. The van der Waals surface area contributed by atoms with Crippen LogP contribution in [-0.2, 0) is 11.3 Å². The Morgan fingerprint density at radius 2 is 1.85 bits per heavy atom. The minimum Gasteiger partial charge on any atom is -0.496 e. The maximum Gasteiger partial charge on any atom is 0.141 e. The number of rotatable bonds is 8. The molecule has 1 heterocycles. The average Bonchev–Trinajstić information content (AvgIpc) is 2.83. The Balaban J connectivity index is 1.62. The quantitative estimate of drug-likeness (QED) is 0.442. The molecule has 1 atom stereocenters. The number of benzene rings is 3. The number of methoxy groups -OCH3 is 1. The third kappa shape index (κ3) is 5.33. The Morgan fingerprint density at radius 3 is 2.55 bits per heavy atom. The van der Waals surface area contributed by atoms with Crippen molar-refractivity contribution in [2.75, 3.05) is 39.9 Å². The molecular weight excluding hydrogens is 439 g/mol. The predicted octanol–water partition coefficient (Wildman–Crippen LogP) is 5.93. The maximum absolute atomic E-state index is 13.8. The molecule has 1 N–H and O–H groups in total. The Hall–Kier alpha value is -2.18. The number of piperazine rings is 1. The molecule has 0 spiro atoms. The smallest absolute Gasteiger partial charge is 0.141 e. The third-order valence-electron chi connectivity index (χ3n) is 6.40. The van der Waals surface area contributed by atoms with Crippen LogP contribution in [0.25, 0.3) is 10.8 Å². The average molecular weight is 471 g/mol. The van der Waals surface area contributed by atoms with Crippen LogP contribution in [0.1, 0.15) is 42.5 Å². The molecule has 0 bridgehead atoms. The summed E-state index contributed by atoms with van der Waals surface area (Å²) in [4.78, 5) is 2.37. The molecule has 0 radical (unpaired) electrons. The minimum absolute atomic E-state index is 0.00394. The second kappa shape index (κ2) is 10.8. The van der Waals surface area contributed by atoms with E-state index in [9.17, 15) is 4.39 Å². The van der Waals surface area contributed by atoms with Gasteiger partial charge in [0.05, 0.1) is 31.4 Å². The number of hydrogen-bond acceptors (Lipinski definition) is 4. The highest BCUT2D eigenvalue weighted by Crippen LogP contribution is 2.37. The Kier molecular flexibility index (Phi) is 7.86. The summed E-state index contributed by atoms with van der Waals surface area (Å²) >= 11 is 6.12. The molecule has 0 amide bonds. The van der Waals surface area contributed by atoms with Crippen molar-refractivity contribution < 1.29 is 13.9 Å². The van der Waals surface area contributed by atoms with E-state index < -0.39 is 5.82 Å². The van der Waals surface area contributed by atoms with Crippen LogP contribution in [-0.4, -0.2) is 44.8 Å². The van der Waals surface area contributed by atoms with Gasteiger partial charge in [0.25, 0.3) is 0 Å². The van der Waals surface area contributed by atoms with Crippen molar-refractivity contribution in [3.63, 3.8) is 0 Å². The van der Waals surface area contributed by atoms with E-state index >= 15 is 0 Å². The van der Waals surface area contributed by atoms with E-state index in [-0.39, 0.29) is 11.1 Å². The molecule has 176 valence electrons. The monoisotopic (exact) mass is 470 g/mol. The summed E-state index contributed by atoms with van der Waals surface area (Å²) in [5.74, 6) is 0.826.